The Kier molecular flexibility index (Phi) is 27.9. The number of rotatable bonds is 31. The molecule has 0 bridgehead atoms. The van der Waals surface area contributed by atoms with Crippen LogP contribution in [0, 0.1) is 0 Å². The van der Waals surface area contributed by atoms with Crippen molar-refractivity contribution in [3.05, 3.63) is 35.9 Å². The van der Waals surface area contributed by atoms with E-state index in [0.717, 1.165) is 26.2 Å². The fraction of sp³-hybridized carbons (Fsp3) is 0.838. The standard InChI is InChI=1S/C37H68O2/c1-3-5-7-9-11-13-15-17-19-21-23-28-32-38-35-37(34-36-30-26-25-27-31-36)39-33-29-24-22-20-18-16-14-12-10-8-6-4-2/h25-27,30-31,37H,3-24,28-29,32-35H2,1-2H3. The van der Waals surface area contributed by atoms with Gasteiger partial charge in [-0.3, -0.25) is 0 Å². The molecule has 2 nitrogen and oxygen atoms in total. The van der Waals surface area contributed by atoms with E-state index in [1.165, 1.54) is 160 Å². The molecule has 0 N–H and O–H groups in total. The summed E-state index contributed by atoms with van der Waals surface area (Å²) in [6.45, 7) is 7.07. The molecule has 2 heteroatoms. The lowest BCUT2D eigenvalue weighted by molar-refractivity contribution is -0.0180. The van der Waals surface area contributed by atoms with Crippen LogP contribution < -0.4 is 0 Å². The van der Waals surface area contributed by atoms with Gasteiger partial charge in [0, 0.05) is 19.6 Å². The van der Waals surface area contributed by atoms with Gasteiger partial charge < -0.3 is 9.47 Å². The maximum absolute atomic E-state index is 6.33. The summed E-state index contributed by atoms with van der Waals surface area (Å²) in [5.74, 6) is 0. The normalized spacial score (nSPS) is 12.3. The number of hydrogen-bond donors (Lipinski definition) is 0. The van der Waals surface area contributed by atoms with E-state index >= 15 is 0 Å². The van der Waals surface area contributed by atoms with E-state index in [0.29, 0.717) is 0 Å². The van der Waals surface area contributed by atoms with Gasteiger partial charge in [-0.05, 0) is 18.4 Å². The summed E-state index contributed by atoms with van der Waals surface area (Å²) in [7, 11) is 0. The van der Waals surface area contributed by atoms with E-state index in [1.54, 1.807) is 0 Å². The van der Waals surface area contributed by atoms with Crippen molar-refractivity contribution >= 4 is 0 Å². The topological polar surface area (TPSA) is 18.5 Å². The van der Waals surface area contributed by atoms with Crippen LogP contribution in [0.4, 0.5) is 0 Å². The molecule has 1 aromatic rings. The van der Waals surface area contributed by atoms with Crippen LogP contribution in [-0.2, 0) is 15.9 Å². The largest absolute Gasteiger partial charge is 0.379 e. The zero-order valence-corrected chi connectivity index (χ0v) is 26.6. The first-order valence-electron chi connectivity index (χ1n) is 17.6. The average Bonchev–Trinajstić information content (AvgIpc) is 2.96. The predicted molar refractivity (Wildman–Crippen MR) is 173 cm³/mol. The van der Waals surface area contributed by atoms with Gasteiger partial charge in [0.1, 0.15) is 0 Å². The van der Waals surface area contributed by atoms with Crippen molar-refractivity contribution in [2.45, 2.75) is 180 Å². The Morgan fingerprint density at radius 1 is 0.462 bits per heavy atom. The van der Waals surface area contributed by atoms with Crippen molar-refractivity contribution in [3.8, 4) is 0 Å². The van der Waals surface area contributed by atoms with Crippen molar-refractivity contribution in [2.24, 2.45) is 0 Å². The summed E-state index contributed by atoms with van der Waals surface area (Å²) < 4.78 is 12.4. The molecule has 0 aliphatic carbocycles. The van der Waals surface area contributed by atoms with Crippen LogP contribution in [0.3, 0.4) is 0 Å². The number of unbranched alkanes of at least 4 members (excludes halogenated alkanes) is 22. The van der Waals surface area contributed by atoms with Gasteiger partial charge >= 0.3 is 0 Å². The summed E-state index contributed by atoms with van der Waals surface area (Å²) >= 11 is 0. The lowest BCUT2D eigenvalue weighted by Crippen LogP contribution is -2.23. The van der Waals surface area contributed by atoms with Crippen LogP contribution >= 0.6 is 0 Å². The van der Waals surface area contributed by atoms with Crippen LogP contribution in [0.2, 0.25) is 0 Å². The second-order valence-corrected chi connectivity index (χ2v) is 12.0. The van der Waals surface area contributed by atoms with Crippen LogP contribution in [-0.4, -0.2) is 25.9 Å². The molecule has 0 radical (unpaired) electrons. The Bertz CT molecular complexity index is 572. The first-order chi connectivity index (χ1) is 19.4. The zero-order valence-electron chi connectivity index (χ0n) is 26.6. The molecule has 1 atom stereocenters. The zero-order chi connectivity index (χ0) is 27.9. The average molecular weight is 545 g/mol. The minimum absolute atomic E-state index is 0.178. The maximum atomic E-state index is 6.33. The van der Waals surface area contributed by atoms with Gasteiger partial charge in [0.15, 0.2) is 0 Å². The molecule has 1 rings (SSSR count). The highest BCUT2D eigenvalue weighted by Crippen LogP contribution is 2.14. The third kappa shape index (κ3) is 25.8. The summed E-state index contributed by atoms with van der Waals surface area (Å²) in [6.07, 6.45) is 34.4. The second kappa shape index (κ2) is 30.1. The smallest absolute Gasteiger partial charge is 0.0848 e. The third-order valence-corrected chi connectivity index (χ3v) is 8.10. The lowest BCUT2D eigenvalue weighted by Gasteiger charge is -2.18. The van der Waals surface area contributed by atoms with Crippen LogP contribution in [0.15, 0.2) is 30.3 Å². The molecule has 0 saturated carbocycles. The van der Waals surface area contributed by atoms with E-state index < -0.39 is 0 Å². The van der Waals surface area contributed by atoms with Crippen molar-refractivity contribution in [3.63, 3.8) is 0 Å². The molecule has 228 valence electrons. The molecular formula is C37H68O2. The Morgan fingerprint density at radius 3 is 1.28 bits per heavy atom. The van der Waals surface area contributed by atoms with E-state index in [4.69, 9.17) is 9.47 Å². The third-order valence-electron chi connectivity index (χ3n) is 8.10. The summed E-state index contributed by atoms with van der Waals surface area (Å²) in [5, 5.41) is 0. The molecule has 0 amide bonds. The monoisotopic (exact) mass is 545 g/mol. The molecule has 0 aliphatic heterocycles. The quantitative estimate of drug-likeness (QED) is 0.0865. The van der Waals surface area contributed by atoms with E-state index in [9.17, 15) is 0 Å². The minimum atomic E-state index is 0.178. The Balaban J connectivity index is 2.02. The molecule has 1 unspecified atom stereocenters. The van der Waals surface area contributed by atoms with Crippen molar-refractivity contribution in [2.75, 3.05) is 19.8 Å². The Hall–Kier alpha value is -0.860. The van der Waals surface area contributed by atoms with Gasteiger partial charge in [0.05, 0.1) is 12.7 Å². The van der Waals surface area contributed by atoms with Gasteiger partial charge in [-0.15, -0.1) is 0 Å². The SMILES string of the molecule is CCCCCCCCCCCCCCOCC(Cc1ccccc1)OCCCCCCCCCCCCCC. The van der Waals surface area contributed by atoms with Gasteiger partial charge in [0.25, 0.3) is 0 Å². The van der Waals surface area contributed by atoms with Crippen LogP contribution in [0.5, 0.6) is 0 Å². The molecule has 0 heterocycles. The van der Waals surface area contributed by atoms with Gasteiger partial charge in [-0.2, -0.15) is 0 Å². The fourth-order valence-corrected chi connectivity index (χ4v) is 5.50. The minimum Gasteiger partial charge on any atom is -0.379 e. The highest BCUT2D eigenvalue weighted by Gasteiger charge is 2.11. The fourth-order valence-electron chi connectivity index (χ4n) is 5.50. The second-order valence-electron chi connectivity index (χ2n) is 12.0. The molecule has 0 fully saturated rings. The molecule has 1 aromatic carbocycles. The first-order valence-corrected chi connectivity index (χ1v) is 17.6. The molecule has 0 spiro atoms. The van der Waals surface area contributed by atoms with Crippen LogP contribution in [0.1, 0.15) is 174 Å². The molecular weight excluding hydrogens is 476 g/mol. The summed E-state index contributed by atoms with van der Waals surface area (Å²) in [4.78, 5) is 0. The Labute approximate surface area is 245 Å². The summed E-state index contributed by atoms with van der Waals surface area (Å²) in [5.41, 5.74) is 1.35. The molecule has 0 aliphatic rings. The van der Waals surface area contributed by atoms with Gasteiger partial charge in [-0.25, -0.2) is 0 Å². The summed E-state index contributed by atoms with van der Waals surface area (Å²) in [6, 6.07) is 10.8. The van der Waals surface area contributed by atoms with Crippen molar-refractivity contribution < 1.29 is 9.47 Å². The van der Waals surface area contributed by atoms with Crippen LogP contribution in [0.25, 0.3) is 0 Å². The predicted octanol–water partition coefficient (Wildman–Crippen LogP) is 12.0. The molecule has 39 heavy (non-hydrogen) atoms. The van der Waals surface area contributed by atoms with E-state index in [-0.39, 0.29) is 6.10 Å². The number of hydrogen-bond acceptors (Lipinski definition) is 2. The maximum Gasteiger partial charge on any atom is 0.0848 e. The van der Waals surface area contributed by atoms with E-state index in [1.807, 2.05) is 0 Å². The first kappa shape index (κ1) is 36.2. The van der Waals surface area contributed by atoms with Gasteiger partial charge in [-0.1, -0.05) is 185 Å². The molecule has 0 aromatic heterocycles. The van der Waals surface area contributed by atoms with Crippen molar-refractivity contribution in [1.82, 2.24) is 0 Å². The lowest BCUT2D eigenvalue weighted by atomic mass is 10.1. The highest BCUT2D eigenvalue weighted by molar-refractivity contribution is 5.15. The van der Waals surface area contributed by atoms with Gasteiger partial charge in [0.2, 0.25) is 0 Å². The highest BCUT2D eigenvalue weighted by atomic mass is 16.5. The molecule has 0 saturated heterocycles. The van der Waals surface area contributed by atoms with Crippen molar-refractivity contribution in [1.29, 1.82) is 0 Å². The van der Waals surface area contributed by atoms with E-state index in [2.05, 4.69) is 44.2 Å². The number of benzene rings is 1. The Morgan fingerprint density at radius 2 is 0.846 bits per heavy atom. The number of ether oxygens (including phenoxy) is 2.